The van der Waals surface area contributed by atoms with Crippen molar-refractivity contribution < 1.29 is 0 Å². The van der Waals surface area contributed by atoms with Gasteiger partial charge in [-0.05, 0) is 122 Å². The molecule has 4 aromatic rings. The molecule has 0 saturated carbocycles. The number of aromatic nitrogens is 4. The Morgan fingerprint density at radius 3 is 0.923 bits per heavy atom. The Morgan fingerprint density at radius 1 is 0.308 bits per heavy atom. The molecule has 561 valence electrons. The third-order valence-electron chi connectivity index (χ3n) is 17.1. The Hall–Kier alpha value is 2.53. The Bertz CT molecular complexity index is 4150. The number of nitrogens with zero attached hydrogens (tertiary/aromatic N) is 2. The molecule has 4 nitrogen and oxygen atoms in total. The number of unbranched alkanes of at least 4 members (excludes halogenated alkanes) is 16. The van der Waals surface area contributed by atoms with Crippen molar-refractivity contribution in [2.75, 3.05) is 46.0 Å². The Morgan fingerprint density at radius 2 is 0.596 bits per heavy atom. The maximum atomic E-state index is 5.85. The molecule has 0 spiro atoms. The molecule has 13 rings (SSSR count). The van der Waals surface area contributed by atoms with Crippen molar-refractivity contribution in [3.8, 4) is 21.1 Å². The summed E-state index contributed by atoms with van der Waals surface area (Å²) < 4.78 is 26.1. The quantitative estimate of drug-likeness (QED) is 0.0282. The molecule has 0 saturated heterocycles. The Balaban J connectivity index is 0.974. The molecule has 9 aliphatic rings. The molecule has 0 unspecified atom stereocenters. The van der Waals surface area contributed by atoms with Crippen molar-refractivity contribution in [1.82, 2.24) is 19.9 Å². The standard InChI is InChI=1S/C76H94N4S24/c1-9-17-25-33-81-61-62(82-34-26-18-10-2)98-73(97-61)69-89-53-45-41-47-55-57(93-70(91-55)74-99-63(83-35-27-19-11-3)64(100-74)84-36-28-20-12-4)49(78-47)43-51-59-60(96-72(95-59)76-103-67(87-39-31-23-15-7)68(104-76)88-40-32-24-16-8)52(80-51)44-50-58-56(48(79-50)42-46(77-45)54(53)90-69)92-71(94-58)75-101-65(85-37-29-21-13-5)66(102-75)86-38-30-22-14-6/h41-44,77,80H,9-40H2,1-8H3/q+1. The zero-order chi connectivity index (χ0) is 71.7. The zero-order valence-electron chi connectivity index (χ0n) is 60.6. The Labute approximate surface area is 721 Å². The average Bonchev–Trinajstić information content (AvgIpc) is 1.58. The minimum Gasteiger partial charge on any atom is -0.353 e. The van der Waals surface area contributed by atoms with E-state index in [2.05, 4.69) is 278 Å². The molecule has 0 fully saturated rings. The normalized spacial score (nSPS) is 16.7. The van der Waals surface area contributed by atoms with Crippen LogP contribution in [0.5, 0.6) is 0 Å². The second kappa shape index (κ2) is 43.7. The number of rotatable bonds is 41. The van der Waals surface area contributed by atoms with Gasteiger partial charge < -0.3 is 9.97 Å². The molecule has 4 aromatic heterocycles. The van der Waals surface area contributed by atoms with Crippen LogP contribution >= 0.6 is 281 Å². The van der Waals surface area contributed by atoms with Crippen LogP contribution in [0.2, 0.25) is 0 Å². The molecule has 0 amide bonds. The summed E-state index contributed by atoms with van der Waals surface area (Å²) in [5.41, 5.74) is 8.81. The highest BCUT2D eigenvalue weighted by molar-refractivity contribution is 8.46. The van der Waals surface area contributed by atoms with Gasteiger partial charge in [0.05, 0.1) is 140 Å². The molecule has 8 bridgehead atoms. The van der Waals surface area contributed by atoms with Gasteiger partial charge in [-0.2, -0.15) is 0 Å². The molecular formula is C76H94N4S24+. The van der Waals surface area contributed by atoms with Gasteiger partial charge in [0.25, 0.3) is 4.19 Å². The van der Waals surface area contributed by atoms with Crippen molar-refractivity contribution in [1.29, 1.82) is 0 Å². The summed E-state index contributed by atoms with van der Waals surface area (Å²) >= 11 is 49.2. The lowest BCUT2D eigenvalue weighted by Crippen LogP contribution is -1.87. The van der Waals surface area contributed by atoms with Crippen LogP contribution in [0.1, 0.15) is 214 Å². The number of nitrogens with one attached hydrogen (secondary N) is 2. The molecule has 28 heteroatoms. The number of H-pyrrole nitrogens is 2. The molecule has 0 aromatic carbocycles. The smallest absolute Gasteiger partial charge is 0.285 e. The molecule has 9 aliphatic heterocycles. The third-order valence-corrected chi connectivity index (χ3v) is 52.6. The topological polar surface area (TPSA) is 57.4 Å². The molecule has 0 atom stereocenters. The van der Waals surface area contributed by atoms with Gasteiger partial charge in [0.1, 0.15) is 15.2 Å². The highest BCUT2D eigenvalue weighted by Gasteiger charge is 2.42. The minimum atomic E-state index is 1.06. The van der Waals surface area contributed by atoms with Gasteiger partial charge in [0, 0.05) is 0 Å². The van der Waals surface area contributed by atoms with E-state index in [-0.39, 0.29) is 0 Å². The van der Waals surface area contributed by atoms with E-state index in [1.165, 1.54) is 306 Å². The van der Waals surface area contributed by atoms with Crippen molar-refractivity contribution in [3.63, 3.8) is 0 Å². The third kappa shape index (κ3) is 21.8. The first kappa shape index (κ1) is 84.4. The molecule has 2 N–H and O–H groups in total. The van der Waals surface area contributed by atoms with Crippen LogP contribution in [-0.2, 0) is 0 Å². The maximum Gasteiger partial charge on any atom is 0.285 e. The lowest BCUT2D eigenvalue weighted by molar-refractivity contribution is 0.779. The maximum absolute atomic E-state index is 5.85. The van der Waals surface area contributed by atoms with Crippen LogP contribution < -0.4 is 3.85 Å². The second-order valence-electron chi connectivity index (χ2n) is 25.6. The predicted molar refractivity (Wildman–Crippen MR) is 517 cm³/mol. The van der Waals surface area contributed by atoms with E-state index in [1.807, 2.05) is 92.4 Å². The number of thioether (sulfide) groups is 20. The van der Waals surface area contributed by atoms with Crippen LogP contribution in [0.3, 0.4) is 0 Å². The SMILES string of the molecule is CCCCCSC1=C(SCCCCC)S[C](c2sc3c([s+]2)-c2cc4[nH]c(cc5nc(cc6[nH]c(cc-3n2)c2c6SC(=C3SC(SCCCCC)=C(SCCCCC)S3)S2)c2sc(=C3SC(SCCCCC)=C(SCCCCC)S3)sc5=2)c2c4SC(=C3SC(SCCCCC)=C(SCCCCC)S3)S2)S1. The highest BCUT2D eigenvalue weighted by Crippen LogP contribution is 2.69. The first-order valence-electron chi connectivity index (χ1n) is 37.3. The summed E-state index contributed by atoms with van der Waals surface area (Å²) in [5.74, 6) is 9.48. The van der Waals surface area contributed by atoms with E-state index >= 15 is 0 Å². The lowest BCUT2D eigenvalue weighted by atomic mass is 10.3. The van der Waals surface area contributed by atoms with Crippen LogP contribution in [0, 0.1) is 13.6 Å². The summed E-state index contributed by atoms with van der Waals surface area (Å²) in [6.45, 7) is 18.6. The summed E-state index contributed by atoms with van der Waals surface area (Å²) in [4.78, 5) is 27.9. The molecule has 0 aliphatic carbocycles. The molecule has 1 radical (unpaired) electrons. The Kier molecular flexibility index (Phi) is 35.4. The van der Waals surface area contributed by atoms with Crippen LogP contribution in [0.4, 0.5) is 0 Å². The minimum absolute atomic E-state index is 1.06. The van der Waals surface area contributed by atoms with Gasteiger partial charge in [-0.3, -0.25) is 0 Å². The fourth-order valence-corrected chi connectivity index (χ4v) is 47.2. The number of hydrogen-bond donors (Lipinski definition) is 2. The van der Waals surface area contributed by atoms with Crippen LogP contribution in [0.25, 0.3) is 58.5 Å². The van der Waals surface area contributed by atoms with E-state index < -0.39 is 0 Å². The average molecular weight is 1830 g/mol. The van der Waals surface area contributed by atoms with Crippen molar-refractivity contribution in [3.05, 3.63) is 96.8 Å². The largest absolute Gasteiger partial charge is 0.353 e. The monoisotopic (exact) mass is 1830 g/mol. The van der Waals surface area contributed by atoms with Crippen molar-refractivity contribution in [2.45, 2.75) is 229 Å². The van der Waals surface area contributed by atoms with Gasteiger partial charge in [-0.15, -0.1) is 117 Å². The first-order chi connectivity index (χ1) is 51.2. The van der Waals surface area contributed by atoms with Crippen molar-refractivity contribution in [2.24, 2.45) is 0 Å². The van der Waals surface area contributed by atoms with Crippen LogP contribution in [0.15, 0.2) is 94.7 Å². The molecular weight excluding hydrogens is 1740 g/mol. The van der Waals surface area contributed by atoms with Gasteiger partial charge in [-0.25, -0.2) is 9.97 Å². The van der Waals surface area contributed by atoms with Crippen LogP contribution in [-0.4, -0.2) is 66.0 Å². The van der Waals surface area contributed by atoms with E-state index in [0.717, 1.165) is 44.5 Å². The zero-order valence-corrected chi connectivity index (χ0v) is 80.2. The van der Waals surface area contributed by atoms with E-state index in [4.69, 9.17) is 9.97 Å². The van der Waals surface area contributed by atoms with Gasteiger partial charge in [-0.1, -0.05) is 299 Å². The summed E-state index contributed by atoms with van der Waals surface area (Å²) in [7, 11) is 0. The summed E-state index contributed by atoms with van der Waals surface area (Å²) in [6.07, 6.45) is 30.5. The number of aromatic amines is 2. The predicted octanol–water partition coefficient (Wildman–Crippen LogP) is 34.8. The fourth-order valence-electron chi connectivity index (χ4n) is 11.5. The van der Waals surface area contributed by atoms with E-state index in [1.54, 1.807) is 0 Å². The number of fused-ring (bicyclic) bond motifs is 19. The van der Waals surface area contributed by atoms with E-state index in [9.17, 15) is 0 Å². The second-order valence-corrected chi connectivity index (χ2v) is 54.9. The van der Waals surface area contributed by atoms with Gasteiger partial charge in [0.15, 0.2) is 14.3 Å². The number of hydrogen-bond acceptors (Lipinski definition) is 25. The van der Waals surface area contributed by atoms with Crippen molar-refractivity contribution >= 4 is 318 Å². The van der Waals surface area contributed by atoms with E-state index in [0.29, 0.717) is 0 Å². The summed E-state index contributed by atoms with van der Waals surface area (Å²) in [5, 5.41) is 0. The first-order valence-corrected chi connectivity index (χ1v) is 58.3. The lowest BCUT2D eigenvalue weighted by Gasteiger charge is -2.04. The van der Waals surface area contributed by atoms with Gasteiger partial charge >= 0.3 is 0 Å². The highest BCUT2D eigenvalue weighted by atomic mass is 32.3. The molecule has 13 heterocycles. The molecule has 104 heavy (non-hydrogen) atoms. The van der Waals surface area contributed by atoms with Gasteiger partial charge in [0.2, 0.25) is 0 Å². The summed E-state index contributed by atoms with van der Waals surface area (Å²) in [6, 6.07) is 9.76. The fraction of sp³-hybridized carbons (Fsp3) is 0.526.